The van der Waals surface area contributed by atoms with Gasteiger partial charge in [-0.15, -0.1) is 0 Å². The van der Waals surface area contributed by atoms with Gasteiger partial charge >= 0.3 is 0 Å². The number of likely N-dealkylation sites (tertiary alicyclic amines) is 1. The van der Waals surface area contributed by atoms with E-state index in [1.54, 1.807) is 0 Å². The van der Waals surface area contributed by atoms with E-state index in [1.165, 1.54) is 32.4 Å². The zero-order valence-corrected chi connectivity index (χ0v) is 10.1. The predicted molar refractivity (Wildman–Crippen MR) is 64.9 cm³/mol. The summed E-state index contributed by atoms with van der Waals surface area (Å²) >= 11 is 0. The van der Waals surface area contributed by atoms with Gasteiger partial charge in [-0.1, -0.05) is 13.3 Å². The topological polar surface area (TPSA) is 42.4 Å². The lowest BCUT2D eigenvalue weighted by molar-refractivity contribution is 0.163. The summed E-state index contributed by atoms with van der Waals surface area (Å²) in [6, 6.07) is 4.03. The number of hydrogen-bond donors (Lipinski definition) is 1. The van der Waals surface area contributed by atoms with Crippen LogP contribution in [-0.2, 0) is 13.1 Å². The van der Waals surface area contributed by atoms with Gasteiger partial charge in [0.05, 0.1) is 13.1 Å². The summed E-state index contributed by atoms with van der Waals surface area (Å²) in [6.07, 6.45) is 3.99. The van der Waals surface area contributed by atoms with Crippen LogP contribution in [0.25, 0.3) is 0 Å². The maximum absolute atomic E-state index is 5.62. The molecule has 0 aromatic carbocycles. The Labute approximate surface area is 97.6 Å². The van der Waals surface area contributed by atoms with Gasteiger partial charge in [-0.05, 0) is 44.0 Å². The molecule has 0 atom stereocenters. The van der Waals surface area contributed by atoms with Gasteiger partial charge in [0.15, 0.2) is 0 Å². The SMILES string of the molecule is CCC1CCN(Cc2ccc(CN)o2)CC1. The van der Waals surface area contributed by atoms with Crippen molar-refractivity contribution < 1.29 is 4.42 Å². The largest absolute Gasteiger partial charge is 0.463 e. The van der Waals surface area contributed by atoms with Crippen LogP contribution in [0.1, 0.15) is 37.7 Å². The Morgan fingerprint density at radius 2 is 2.00 bits per heavy atom. The third-order valence-corrected chi connectivity index (χ3v) is 3.58. The van der Waals surface area contributed by atoms with Crippen molar-refractivity contribution in [2.75, 3.05) is 13.1 Å². The molecule has 0 spiro atoms. The molecule has 2 N–H and O–H groups in total. The highest BCUT2D eigenvalue weighted by Crippen LogP contribution is 2.21. The van der Waals surface area contributed by atoms with Crippen molar-refractivity contribution in [3.05, 3.63) is 23.7 Å². The molecule has 1 aliphatic rings. The van der Waals surface area contributed by atoms with E-state index in [2.05, 4.69) is 11.8 Å². The van der Waals surface area contributed by atoms with Gasteiger partial charge in [0.25, 0.3) is 0 Å². The van der Waals surface area contributed by atoms with E-state index in [0.29, 0.717) is 6.54 Å². The first-order chi connectivity index (χ1) is 7.81. The first kappa shape index (κ1) is 11.7. The van der Waals surface area contributed by atoms with Crippen molar-refractivity contribution in [3.63, 3.8) is 0 Å². The van der Waals surface area contributed by atoms with E-state index in [4.69, 9.17) is 10.2 Å². The number of nitrogens with zero attached hydrogens (tertiary/aromatic N) is 1. The molecule has 90 valence electrons. The Bertz CT molecular complexity index is 313. The van der Waals surface area contributed by atoms with Gasteiger partial charge < -0.3 is 10.2 Å². The lowest BCUT2D eigenvalue weighted by atomic mass is 9.94. The Morgan fingerprint density at radius 3 is 2.56 bits per heavy atom. The molecule has 0 bridgehead atoms. The highest BCUT2D eigenvalue weighted by Gasteiger charge is 2.18. The molecular formula is C13H22N2O. The van der Waals surface area contributed by atoms with E-state index in [1.807, 2.05) is 12.1 Å². The maximum Gasteiger partial charge on any atom is 0.118 e. The second kappa shape index (κ2) is 5.51. The Hall–Kier alpha value is -0.800. The van der Waals surface area contributed by atoms with Gasteiger partial charge in [-0.2, -0.15) is 0 Å². The fourth-order valence-corrected chi connectivity index (χ4v) is 2.39. The van der Waals surface area contributed by atoms with Crippen molar-refractivity contribution >= 4 is 0 Å². The third kappa shape index (κ3) is 2.86. The zero-order valence-electron chi connectivity index (χ0n) is 10.1. The molecule has 1 aliphatic heterocycles. The molecule has 0 aliphatic carbocycles. The molecule has 0 amide bonds. The van der Waals surface area contributed by atoms with Gasteiger partial charge in [-0.3, -0.25) is 4.90 Å². The minimum atomic E-state index is 0.498. The van der Waals surface area contributed by atoms with Gasteiger partial charge in [0.2, 0.25) is 0 Å². The lowest BCUT2D eigenvalue weighted by Gasteiger charge is -2.30. The molecule has 1 aromatic heterocycles. The number of nitrogens with two attached hydrogens (primary N) is 1. The number of piperidine rings is 1. The van der Waals surface area contributed by atoms with Crippen LogP contribution in [0.5, 0.6) is 0 Å². The molecular weight excluding hydrogens is 200 g/mol. The van der Waals surface area contributed by atoms with Crippen molar-refractivity contribution in [2.45, 2.75) is 39.3 Å². The normalized spacial score (nSPS) is 19.1. The van der Waals surface area contributed by atoms with Crippen molar-refractivity contribution in [3.8, 4) is 0 Å². The van der Waals surface area contributed by atoms with Gasteiger partial charge in [-0.25, -0.2) is 0 Å². The van der Waals surface area contributed by atoms with Crippen LogP contribution in [0.15, 0.2) is 16.5 Å². The molecule has 1 saturated heterocycles. The summed E-state index contributed by atoms with van der Waals surface area (Å²) < 4.78 is 5.62. The fourth-order valence-electron chi connectivity index (χ4n) is 2.39. The highest BCUT2D eigenvalue weighted by atomic mass is 16.3. The highest BCUT2D eigenvalue weighted by molar-refractivity contribution is 5.06. The van der Waals surface area contributed by atoms with Crippen LogP contribution >= 0.6 is 0 Å². The summed E-state index contributed by atoms with van der Waals surface area (Å²) in [7, 11) is 0. The first-order valence-electron chi connectivity index (χ1n) is 6.31. The van der Waals surface area contributed by atoms with Crippen LogP contribution in [0.4, 0.5) is 0 Å². The van der Waals surface area contributed by atoms with Gasteiger partial charge in [0, 0.05) is 0 Å². The van der Waals surface area contributed by atoms with E-state index in [0.717, 1.165) is 24.0 Å². The zero-order chi connectivity index (χ0) is 11.4. The molecule has 1 fully saturated rings. The quantitative estimate of drug-likeness (QED) is 0.850. The van der Waals surface area contributed by atoms with Crippen LogP contribution < -0.4 is 5.73 Å². The smallest absolute Gasteiger partial charge is 0.118 e. The monoisotopic (exact) mass is 222 g/mol. The second-order valence-electron chi connectivity index (χ2n) is 4.70. The first-order valence-corrected chi connectivity index (χ1v) is 6.31. The molecule has 16 heavy (non-hydrogen) atoms. The van der Waals surface area contributed by atoms with E-state index in [9.17, 15) is 0 Å². The molecule has 2 rings (SSSR count). The summed E-state index contributed by atoms with van der Waals surface area (Å²) in [6.45, 7) is 6.14. The molecule has 0 unspecified atom stereocenters. The molecule has 0 saturated carbocycles. The van der Waals surface area contributed by atoms with E-state index >= 15 is 0 Å². The lowest BCUT2D eigenvalue weighted by Crippen LogP contribution is -2.32. The second-order valence-corrected chi connectivity index (χ2v) is 4.70. The Balaban J connectivity index is 1.82. The summed E-state index contributed by atoms with van der Waals surface area (Å²) in [5.74, 6) is 2.88. The average molecular weight is 222 g/mol. The number of hydrogen-bond acceptors (Lipinski definition) is 3. The number of furan rings is 1. The van der Waals surface area contributed by atoms with Crippen molar-refractivity contribution in [1.29, 1.82) is 0 Å². The van der Waals surface area contributed by atoms with E-state index < -0.39 is 0 Å². The summed E-state index contributed by atoms with van der Waals surface area (Å²) in [5, 5.41) is 0. The summed E-state index contributed by atoms with van der Waals surface area (Å²) in [4.78, 5) is 2.48. The van der Waals surface area contributed by atoms with Crippen LogP contribution in [-0.4, -0.2) is 18.0 Å². The minimum absolute atomic E-state index is 0.498. The Morgan fingerprint density at radius 1 is 1.31 bits per heavy atom. The van der Waals surface area contributed by atoms with Crippen molar-refractivity contribution in [1.82, 2.24) is 4.90 Å². The van der Waals surface area contributed by atoms with Crippen LogP contribution in [0, 0.1) is 5.92 Å². The minimum Gasteiger partial charge on any atom is -0.463 e. The molecule has 2 heterocycles. The standard InChI is InChI=1S/C13H22N2O/c1-2-11-5-7-15(8-6-11)10-13-4-3-12(9-14)16-13/h3-4,11H,2,5-10,14H2,1H3. The molecule has 0 radical (unpaired) electrons. The summed E-state index contributed by atoms with van der Waals surface area (Å²) in [5.41, 5.74) is 5.53. The maximum atomic E-state index is 5.62. The average Bonchev–Trinajstić information content (AvgIpc) is 2.78. The molecule has 1 aromatic rings. The molecule has 3 heteroatoms. The van der Waals surface area contributed by atoms with Crippen LogP contribution in [0.2, 0.25) is 0 Å². The Kier molecular flexibility index (Phi) is 4.02. The third-order valence-electron chi connectivity index (χ3n) is 3.58. The van der Waals surface area contributed by atoms with Crippen LogP contribution in [0.3, 0.4) is 0 Å². The molecule has 3 nitrogen and oxygen atoms in total. The van der Waals surface area contributed by atoms with Crippen molar-refractivity contribution in [2.24, 2.45) is 11.7 Å². The van der Waals surface area contributed by atoms with E-state index in [-0.39, 0.29) is 0 Å². The van der Waals surface area contributed by atoms with Gasteiger partial charge in [0.1, 0.15) is 11.5 Å². The predicted octanol–water partition coefficient (Wildman–Crippen LogP) is 2.36. The fraction of sp³-hybridized carbons (Fsp3) is 0.692. The number of rotatable bonds is 4.